The molecule has 0 unspecified atom stereocenters. The SMILES string of the molecule is C[C@@H]1CCCC[C@H]2C(=O)CC[C@H](O[Si](C)(C)C(C)(C)C)[C@@H]2CC(=O)O1. The highest BCUT2D eigenvalue weighted by Gasteiger charge is 2.46. The number of Topliss-reactive ketones (excluding diaryl/α,β-unsaturated/α-hetero) is 1. The Bertz CT molecular complexity index is 494. The van der Waals surface area contributed by atoms with Gasteiger partial charge in [0.1, 0.15) is 5.78 Å². The summed E-state index contributed by atoms with van der Waals surface area (Å²) in [4.78, 5) is 25.0. The number of carbonyl (C=O) groups excluding carboxylic acids is 2. The van der Waals surface area contributed by atoms with E-state index in [0.717, 1.165) is 32.1 Å². The maximum Gasteiger partial charge on any atom is 0.306 e. The summed E-state index contributed by atoms with van der Waals surface area (Å²) in [7, 11) is -1.94. The fraction of sp³-hybridized carbons (Fsp3) is 0.900. The quantitative estimate of drug-likeness (QED) is 0.515. The summed E-state index contributed by atoms with van der Waals surface area (Å²) in [5.74, 6) is 0.0992. The van der Waals surface area contributed by atoms with Crippen molar-refractivity contribution < 1.29 is 18.8 Å². The summed E-state index contributed by atoms with van der Waals surface area (Å²) in [6, 6.07) is 0. The van der Waals surface area contributed by atoms with Gasteiger partial charge in [0.15, 0.2) is 8.32 Å². The number of ketones is 1. The lowest BCUT2D eigenvalue weighted by atomic mass is 9.72. The van der Waals surface area contributed by atoms with Crippen molar-refractivity contribution in [3.63, 3.8) is 0 Å². The van der Waals surface area contributed by atoms with Crippen LogP contribution in [0.25, 0.3) is 0 Å². The first-order valence-corrected chi connectivity index (χ1v) is 12.8. The molecule has 2 rings (SSSR count). The van der Waals surface area contributed by atoms with E-state index in [1.165, 1.54) is 0 Å². The Morgan fingerprint density at radius 1 is 1.08 bits per heavy atom. The minimum Gasteiger partial charge on any atom is -0.463 e. The van der Waals surface area contributed by atoms with Crippen molar-refractivity contribution in [2.75, 3.05) is 0 Å². The summed E-state index contributed by atoms with van der Waals surface area (Å²) in [6.45, 7) is 13.2. The summed E-state index contributed by atoms with van der Waals surface area (Å²) in [6.07, 6.45) is 5.46. The molecule has 5 heteroatoms. The summed E-state index contributed by atoms with van der Waals surface area (Å²) in [5.41, 5.74) is 0. The Labute approximate surface area is 154 Å². The lowest BCUT2D eigenvalue weighted by Crippen LogP contribution is -2.50. The highest BCUT2D eigenvalue weighted by molar-refractivity contribution is 6.74. The van der Waals surface area contributed by atoms with Crippen LogP contribution in [0.3, 0.4) is 0 Å². The van der Waals surface area contributed by atoms with Gasteiger partial charge in [0.2, 0.25) is 0 Å². The molecule has 4 atom stereocenters. The molecule has 0 amide bonds. The van der Waals surface area contributed by atoms with Crippen molar-refractivity contribution in [2.45, 2.75) is 103 Å². The van der Waals surface area contributed by atoms with Gasteiger partial charge in [0, 0.05) is 24.4 Å². The lowest BCUT2D eigenvalue weighted by molar-refractivity contribution is -0.153. The molecule has 4 nitrogen and oxygen atoms in total. The first kappa shape index (κ1) is 20.6. The van der Waals surface area contributed by atoms with Crippen molar-refractivity contribution in [3.8, 4) is 0 Å². The molecule has 1 saturated heterocycles. The van der Waals surface area contributed by atoms with Gasteiger partial charge >= 0.3 is 5.97 Å². The molecule has 0 bridgehead atoms. The molecule has 0 aromatic carbocycles. The Morgan fingerprint density at radius 3 is 2.36 bits per heavy atom. The Balaban J connectivity index is 2.22. The molecule has 25 heavy (non-hydrogen) atoms. The first-order valence-electron chi connectivity index (χ1n) is 9.91. The molecule has 0 N–H and O–H groups in total. The highest BCUT2D eigenvalue weighted by atomic mass is 28.4. The second kappa shape index (κ2) is 7.91. The number of esters is 1. The molecular weight excluding hydrogens is 332 g/mol. The minimum atomic E-state index is -1.94. The van der Waals surface area contributed by atoms with Gasteiger partial charge in [-0.2, -0.15) is 0 Å². The summed E-state index contributed by atoms with van der Waals surface area (Å²) < 4.78 is 12.2. The number of cyclic esters (lactones) is 1. The van der Waals surface area contributed by atoms with Gasteiger partial charge in [-0.25, -0.2) is 0 Å². The van der Waals surface area contributed by atoms with Gasteiger partial charge in [0.05, 0.1) is 12.5 Å². The first-order chi connectivity index (χ1) is 11.5. The smallest absolute Gasteiger partial charge is 0.306 e. The predicted octanol–water partition coefficient (Wildman–Crippen LogP) is 4.87. The van der Waals surface area contributed by atoms with Crippen LogP contribution in [-0.2, 0) is 18.8 Å². The fourth-order valence-electron chi connectivity index (χ4n) is 3.85. The number of rotatable bonds is 2. The van der Waals surface area contributed by atoms with E-state index >= 15 is 0 Å². The Kier molecular flexibility index (Phi) is 6.53. The molecule has 1 aliphatic heterocycles. The van der Waals surface area contributed by atoms with Crippen LogP contribution in [0.1, 0.15) is 72.6 Å². The van der Waals surface area contributed by atoms with Gasteiger partial charge in [-0.05, 0) is 50.7 Å². The molecule has 2 fully saturated rings. The zero-order chi connectivity index (χ0) is 18.8. The lowest BCUT2D eigenvalue weighted by Gasteiger charge is -2.45. The molecular formula is C20H36O4Si. The van der Waals surface area contributed by atoms with Crippen molar-refractivity contribution in [1.82, 2.24) is 0 Å². The van der Waals surface area contributed by atoms with Crippen LogP contribution in [0.5, 0.6) is 0 Å². The van der Waals surface area contributed by atoms with Gasteiger partial charge < -0.3 is 9.16 Å². The van der Waals surface area contributed by atoms with Crippen molar-refractivity contribution in [1.29, 1.82) is 0 Å². The van der Waals surface area contributed by atoms with E-state index in [1.54, 1.807) is 0 Å². The van der Waals surface area contributed by atoms with Crippen LogP contribution in [0, 0.1) is 11.8 Å². The largest absolute Gasteiger partial charge is 0.463 e. The van der Waals surface area contributed by atoms with Gasteiger partial charge in [-0.15, -0.1) is 0 Å². The van der Waals surface area contributed by atoms with E-state index in [9.17, 15) is 9.59 Å². The molecule has 1 aliphatic carbocycles. The minimum absolute atomic E-state index is 0.00544. The second-order valence-electron chi connectivity index (χ2n) is 9.48. The Hall–Kier alpha value is -0.683. The molecule has 2 aliphatic rings. The van der Waals surface area contributed by atoms with Crippen LogP contribution in [0.4, 0.5) is 0 Å². The molecule has 1 saturated carbocycles. The normalized spacial score (nSPS) is 32.7. The molecule has 1 heterocycles. The van der Waals surface area contributed by atoms with Crippen LogP contribution in [-0.4, -0.2) is 32.3 Å². The third kappa shape index (κ3) is 5.16. The maximum absolute atomic E-state index is 12.6. The molecule has 0 radical (unpaired) electrons. The zero-order valence-electron chi connectivity index (χ0n) is 16.9. The van der Waals surface area contributed by atoms with Crippen LogP contribution < -0.4 is 0 Å². The van der Waals surface area contributed by atoms with Gasteiger partial charge in [0.25, 0.3) is 0 Å². The third-order valence-corrected chi connectivity index (χ3v) is 11.0. The topological polar surface area (TPSA) is 52.6 Å². The highest BCUT2D eigenvalue weighted by Crippen LogP contribution is 2.43. The average molecular weight is 369 g/mol. The van der Waals surface area contributed by atoms with Crippen LogP contribution in [0.2, 0.25) is 18.1 Å². The number of hydrogen-bond donors (Lipinski definition) is 0. The van der Waals surface area contributed by atoms with E-state index in [1.807, 2.05) is 6.92 Å². The average Bonchev–Trinajstić information content (AvgIpc) is 2.47. The van der Waals surface area contributed by atoms with Crippen LogP contribution in [0.15, 0.2) is 0 Å². The van der Waals surface area contributed by atoms with E-state index in [0.29, 0.717) is 18.6 Å². The number of hydrogen-bond acceptors (Lipinski definition) is 4. The monoisotopic (exact) mass is 368 g/mol. The van der Waals surface area contributed by atoms with E-state index in [-0.39, 0.29) is 35.1 Å². The summed E-state index contributed by atoms with van der Waals surface area (Å²) in [5, 5.41) is 0.120. The van der Waals surface area contributed by atoms with Crippen molar-refractivity contribution in [2.24, 2.45) is 11.8 Å². The molecule has 144 valence electrons. The number of fused-ring (bicyclic) bond motifs is 1. The molecule has 0 spiro atoms. The predicted molar refractivity (Wildman–Crippen MR) is 102 cm³/mol. The maximum atomic E-state index is 12.6. The van der Waals surface area contributed by atoms with E-state index in [4.69, 9.17) is 9.16 Å². The van der Waals surface area contributed by atoms with Crippen LogP contribution >= 0.6 is 0 Å². The van der Waals surface area contributed by atoms with Gasteiger partial charge in [-0.3, -0.25) is 9.59 Å². The standard InChI is InChI=1S/C20H36O4Si/c1-14-9-7-8-10-15-16(13-19(22)23-14)18(12-11-17(15)21)24-25(5,6)20(2,3)4/h14-16,18H,7-13H2,1-6H3/t14-,15-,16-,18+/m1/s1. The molecule has 0 aromatic rings. The van der Waals surface area contributed by atoms with Crippen molar-refractivity contribution >= 4 is 20.1 Å². The van der Waals surface area contributed by atoms with E-state index < -0.39 is 8.32 Å². The zero-order valence-corrected chi connectivity index (χ0v) is 17.9. The number of ether oxygens (including phenoxy) is 1. The van der Waals surface area contributed by atoms with Gasteiger partial charge in [-0.1, -0.05) is 27.2 Å². The Morgan fingerprint density at radius 2 is 1.72 bits per heavy atom. The third-order valence-electron chi connectivity index (χ3n) is 6.45. The fourth-order valence-corrected chi connectivity index (χ4v) is 5.26. The number of carbonyl (C=O) groups is 2. The molecule has 0 aromatic heterocycles. The van der Waals surface area contributed by atoms with Crippen molar-refractivity contribution in [3.05, 3.63) is 0 Å². The second-order valence-corrected chi connectivity index (χ2v) is 14.2. The van der Waals surface area contributed by atoms with E-state index in [2.05, 4.69) is 33.9 Å². The summed E-state index contributed by atoms with van der Waals surface area (Å²) >= 11 is 0.